The number of nitrogens with zero attached hydrogens (tertiary/aromatic N) is 2. The number of ether oxygens (including phenoxy) is 4. The van der Waals surface area contributed by atoms with Crippen LogP contribution in [0.25, 0.3) is 10.9 Å². The molecule has 4 aliphatic rings. The molecule has 5 atom stereocenters. The lowest BCUT2D eigenvalue weighted by Gasteiger charge is -2.35. The summed E-state index contributed by atoms with van der Waals surface area (Å²) in [4.78, 5) is 61.7. The zero-order valence-electron chi connectivity index (χ0n) is 31.8. The number of rotatable bonds is 14. The van der Waals surface area contributed by atoms with Crippen molar-refractivity contribution in [2.24, 2.45) is 11.3 Å². The highest BCUT2D eigenvalue weighted by Crippen LogP contribution is 2.46. The van der Waals surface area contributed by atoms with Crippen LogP contribution in [0.4, 0.5) is 4.79 Å². The molecule has 55 heavy (non-hydrogen) atoms. The smallest absolute Gasteiger partial charge is 0.408 e. The fourth-order valence-electron chi connectivity index (χ4n) is 7.36. The quantitative estimate of drug-likeness (QED) is 0.227. The first-order valence-corrected chi connectivity index (χ1v) is 21.1. The van der Waals surface area contributed by atoms with Gasteiger partial charge in [-0.3, -0.25) is 19.1 Å². The van der Waals surface area contributed by atoms with Gasteiger partial charge in [0.15, 0.2) is 0 Å². The number of benzene rings is 1. The predicted molar refractivity (Wildman–Crippen MR) is 206 cm³/mol. The highest BCUT2D eigenvalue weighted by Gasteiger charge is 2.62. The van der Waals surface area contributed by atoms with Crippen molar-refractivity contribution in [3.63, 3.8) is 0 Å². The number of carbonyl (C=O) groups is 4. The highest BCUT2D eigenvalue weighted by molar-refractivity contribution is 9.10. The lowest BCUT2D eigenvalue weighted by atomic mass is 9.85. The molecule has 17 heteroatoms. The van der Waals surface area contributed by atoms with Gasteiger partial charge < -0.3 is 34.5 Å². The Balaban J connectivity index is 1.31. The maximum absolute atomic E-state index is 14.6. The molecule has 1 unspecified atom stereocenters. The Kier molecular flexibility index (Phi) is 11.6. The number of alkyl carbamates (subject to hydrolysis) is 1. The van der Waals surface area contributed by atoms with Gasteiger partial charge in [0.25, 0.3) is 5.91 Å². The highest BCUT2D eigenvalue weighted by atomic mass is 79.9. The van der Waals surface area contributed by atoms with Crippen molar-refractivity contribution in [1.29, 1.82) is 0 Å². The summed E-state index contributed by atoms with van der Waals surface area (Å²) in [5, 5.41) is 5.54. The fraction of sp³-hybridized carbons (Fsp3) is 0.605. The Bertz CT molecular complexity index is 1960. The van der Waals surface area contributed by atoms with Crippen LogP contribution in [0.2, 0.25) is 0 Å². The van der Waals surface area contributed by atoms with E-state index >= 15 is 0 Å². The topological polar surface area (TPSA) is 192 Å². The molecule has 4 amide bonds. The molecule has 300 valence electrons. The number of aromatic nitrogens is 1. The van der Waals surface area contributed by atoms with Crippen LogP contribution in [0, 0.1) is 11.3 Å². The first-order valence-electron chi connectivity index (χ1n) is 18.8. The molecule has 1 aliphatic heterocycles. The van der Waals surface area contributed by atoms with Gasteiger partial charge in [-0.15, -0.1) is 6.58 Å². The molecule has 2 heterocycles. The van der Waals surface area contributed by atoms with Crippen LogP contribution in [0.1, 0.15) is 79.1 Å². The van der Waals surface area contributed by atoms with Gasteiger partial charge in [-0.25, -0.2) is 18.2 Å². The van der Waals surface area contributed by atoms with Crippen LogP contribution in [0.5, 0.6) is 17.4 Å². The van der Waals surface area contributed by atoms with Gasteiger partial charge in [0.2, 0.25) is 27.7 Å². The normalized spacial score (nSPS) is 24.5. The minimum Gasteiger partial charge on any atom is -0.495 e. The first kappa shape index (κ1) is 40.5. The van der Waals surface area contributed by atoms with E-state index in [1.54, 1.807) is 39.0 Å². The van der Waals surface area contributed by atoms with Crippen molar-refractivity contribution in [3.05, 3.63) is 35.3 Å². The Morgan fingerprint density at radius 2 is 1.82 bits per heavy atom. The number of halogens is 1. The van der Waals surface area contributed by atoms with Crippen LogP contribution in [0.3, 0.4) is 0 Å². The van der Waals surface area contributed by atoms with Gasteiger partial charge in [-0.2, -0.15) is 0 Å². The van der Waals surface area contributed by atoms with Gasteiger partial charge in [0, 0.05) is 23.8 Å². The summed E-state index contributed by atoms with van der Waals surface area (Å²) in [5.74, 6) is -1.39. The largest absolute Gasteiger partial charge is 0.495 e. The zero-order valence-corrected chi connectivity index (χ0v) is 34.2. The molecule has 1 aromatic heterocycles. The molecule has 1 aromatic carbocycles. The lowest BCUT2D eigenvalue weighted by Crippen LogP contribution is -2.60. The molecule has 6 rings (SSSR count). The van der Waals surface area contributed by atoms with E-state index in [-0.39, 0.29) is 31.4 Å². The van der Waals surface area contributed by atoms with Crippen molar-refractivity contribution < 1.29 is 46.5 Å². The molecule has 3 N–H and O–H groups in total. The summed E-state index contributed by atoms with van der Waals surface area (Å²) in [5.41, 5.74) is -1.87. The number of methoxy groups -OCH3 is 1. The molecule has 0 spiro atoms. The molecule has 4 fully saturated rings. The first-order chi connectivity index (χ1) is 26.0. The number of carbonyl (C=O) groups excluding carboxylic acids is 4. The van der Waals surface area contributed by atoms with Crippen LogP contribution >= 0.6 is 15.9 Å². The van der Waals surface area contributed by atoms with E-state index in [0.717, 1.165) is 25.7 Å². The summed E-state index contributed by atoms with van der Waals surface area (Å²) in [7, 11) is -2.37. The number of pyridine rings is 1. The Hall–Kier alpha value is -4.12. The monoisotopic (exact) mass is 847 g/mol. The molecule has 0 bridgehead atoms. The second-order valence-corrected chi connectivity index (χ2v) is 18.5. The van der Waals surface area contributed by atoms with E-state index in [2.05, 4.69) is 42.8 Å². The van der Waals surface area contributed by atoms with Crippen molar-refractivity contribution in [2.45, 2.75) is 114 Å². The van der Waals surface area contributed by atoms with Crippen molar-refractivity contribution in [2.75, 3.05) is 20.3 Å². The van der Waals surface area contributed by atoms with E-state index < -0.39 is 74.1 Å². The predicted octanol–water partition coefficient (Wildman–Crippen LogP) is 4.51. The van der Waals surface area contributed by atoms with Gasteiger partial charge >= 0.3 is 6.09 Å². The maximum atomic E-state index is 14.6. The third kappa shape index (κ3) is 8.66. The van der Waals surface area contributed by atoms with E-state index in [0.29, 0.717) is 46.3 Å². The van der Waals surface area contributed by atoms with E-state index in [1.807, 2.05) is 6.92 Å². The lowest BCUT2D eigenvalue weighted by molar-refractivity contribution is -0.143. The number of amides is 4. The SMILES string of the molecule is C=CC1C[C@]1(NC(=O)[C@@H]1C[C@@H](Oc2cc(OCC)nc3c(Br)c(OC)ccc23)CN1C(=O)[C@@H](NC(=O)OC1CCCC1)C(C)(C)C)C(=O)NS(=O)(=O)C1CC1. The molecular weight excluding hydrogens is 798 g/mol. The van der Waals surface area contributed by atoms with Crippen LogP contribution in [-0.2, 0) is 29.1 Å². The van der Waals surface area contributed by atoms with E-state index in [9.17, 15) is 27.6 Å². The van der Waals surface area contributed by atoms with Crippen molar-refractivity contribution in [1.82, 2.24) is 25.2 Å². The number of fused-ring (bicyclic) bond motifs is 1. The second-order valence-electron chi connectivity index (χ2n) is 15.8. The summed E-state index contributed by atoms with van der Waals surface area (Å²) in [6.07, 6.45) is 4.23. The van der Waals surface area contributed by atoms with Crippen molar-refractivity contribution >= 4 is 60.7 Å². The average molecular weight is 849 g/mol. The van der Waals surface area contributed by atoms with Crippen LogP contribution in [-0.4, -0.2) is 97.5 Å². The van der Waals surface area contributed by atoms with Gasteiger partial charge in [0.05, 0.1) is 35.5 Å². The summed E-state index contributed by atoms with van der Waals surface area (Å²) >= 11 is 3.57. The summed E-state index contributed by atoms with van der Waals surface area (Å²) in [6.45, 7) is 11.3. The van der Waals surface area contributed by atoms with Crippen LogP contribution in [0.15, 0.2) is 35.3 Å². The van der Waals surface area contributed by atoms with E-state index in [1.165, 1.54) is 18.1 Å². The molecule has 1 saturated heterocycles. The third-order valence-corrected chi connectivity index (χ3v) is 13.3. The number of likely N-dealkylation sites (tertiary alicyclic amines) is 1. The second kappa shape index (κ2) is 15.8. The number of hydrogen-bond donors (Lipinski definition) is 3. The number of nitrogens with one attached hydrogen (secondary N) is 3. The molecule has 3 aliphatic carbocycles. The molecular formula is C38H50BrN5O10S. The van der Waals surface area contributed by atoms with Crippen molar-refractivity contribution in [3.8, 4) is 17.4 Å². The average Bonchev–Trinajstić information content (AvgIpc) is 4.01. The standard InChI is InChI=1S/C38H50BrN5O10S/c1-7-21-19-38(21,35(47)43-55(49,50)24-13-14-24)42-33(45)26-17-23(53-28-18-29(52-8-2)40-31-25(28)15-16-27(51-6)30(31)39)20-44(26)34(46)32(37(3,4)5)41-36(48)54-22-11-9-10-12-22/h7,15-16,18,21-24,26,32H,1,8-14,17,19-20H2,2-6H3,(H,41,48)(H,42,45)(H,43,47)/t21?,23-,26+,32-,38-/m1/s1. The number of sulfonamides is 1. The van der Waals surface area contributed by atoms with Gasteiger partial charge in [0.1, 0.15) is 41.3 Å². The summed E-state index contributed by atoms with van der Waals surface area (Å²) < 4.78 is 51.7. The Labute approximate surface area is 329 Å². The number of hydrogen-bond acceptors (Lipinski definition) is 11. The Morgan fingerprint density at radius 1 is 1.11 bits per heavy atom. The third-order valence-electron chi connectivity index (χ3n) is 10.7. The van der Waals surface area contributed by atoms with Crippen LogP contribution < -0.4 is 29.6 Å². The fourth-order valence-corrected chi connectivity index (χ4v) is 9.32. The molecule has 2 aromatic rings. The van der Waals surface area contributed by atoms with E-state index in [4.69, 9.17) is 18.9 Å². The minimum atomic E-state index is -3.91. The van der Waals surface area contributed by atoms with Gasteiger partial charge in [-0.1, -0.05) is 26.8 Å². The summed E-state index contributed by atoms with van der Waals surface area (Å²) in [6, 6.07) is 2.91. The molecule has 15 nitrogen and oxygen atoms in total. The Morgan fingerprint density at radius 3 is 2.42 bits per heavy atom. The van der Waals surface area contributed by atoms with Gasteiger partial charge in [-0.05, 0) is 85.3 Å². The minimum absolute atomic E-state index is 0.00287. The molecule has 3 saturated carbocycles. The zero-order chi connectivity index (χ0) is 39.9. The molecule has 0 radical (unpaired) electrons. The maximum Gasteiger partial charge on any atom is 0.408 e.